The van der Waals surface area contributed by atoms with E-state index in [0.717, 1.165) is 17.6 Å². The van der Waals surface area contributed by atoms with Gasteiger partial charge >= 0.3 is 0 Å². The van der Waals surface area contributed by atoms with E-state index in [-0.39, 0.29) is 18.0 Å². The minimum atomic E-state index is -0.263. The van der Waals surface area contributed by atoms with E-state index < -0.39 is 0 Å². The molecule has 0 radical (unpaired) electrons. The van der Waals surface area contributed by atoms with Crippen LogP contribution in [0.5, 0.6) is 0 Å². The smallest absolute Gasteiger partial charge is 0.261 e. The van der Waals surface area contributed by atoms with Gasteiger partial charge in [0.2, 0.25) is 5.91 Å². The number of aromatic nitrogens is 2. The first-order valence-corrected chi connectivity index (χ1v) is 10.1. The average Bonchev–Trinajstić information content (AvgIpc) is 3.11. The van der Waals surface area contributed by atoms with Crippen molar-refractivity contribution in [1.82, 2.24) is 9.55 Å². The lowest BCUT2D eigenvalue weighted by molar-refractivity contribution is -0.116. The molecule has 1 saturated heterocycles. The largest absolute Gasteiger partial charge is 0.371 e. The van der Waals surface area contributed by atoms with E-state index in [0.29, 0.717) is 22.5 Å². The highest BCUT2D eigenvalue weighted by molar-refractivity contribution is 9.10. The van der Waals surface area contributed by atoms with Crippen LogP contribution in [0.2, 0.25) is 0 Å². The lowest BCUT2D eigenvalue weighted by Crippen LogP contribution is -2.28. The maximum Gasteiger partial charge on any atom is 0.261 e. The molecular formula is C21H21BrN4O2. The van der Waals surface area contributed by atoms with Crippen LogP contribution >= 0.6 is 15.9 Å². The van der Waals surface area contributed by atoms with Gasteiger partial charge in [0.15, 0.2) is 0 Å². The Morgan fingerprint density at radius 1 is 1.25 bits per heavy atom. The normalized spacial score (nSPS) is 16.5. The summed E-state index contributed by atoms with van der Waals surface area (Å²) < 4.78 is 2.12. The molecule has 4 rings (SSSR count). The number of carbonyl (C=O) groups excluding carboxylic acids is 1. The zero-order chi connectivity index (χ0) is 19.7. The third-order valence-electron chi connectivity index (χ3n) is 5.04. The van der Waals surface area contributed by atoms with Crippen molar-refractivity contribution >= 4 is 44.1 Å². The van der Waals surface area contributed by atoms with E-state index in [1.54, 1.807) is 12.1 Å². The monoisotopic (exact) mass is 440 g/mol. The number of anilines is 2. The zero-order valence-electron chi connectivity index (χ0n) is 15.6. The molecule has 1 aromatic heterocycles. The molecule has 1 fully saturated rings. The van der Waals surface area contributed by atoms with Crippen molar-refractivity contribution in [3.05, 3.63) is 63.6 Å². The summed E-state index contributed by atoms with van der Waals surface area (Å²) in [5, 5.41) is 3.33. The quantitative estimate of drug-likeness (QED) is 0.672. The minimum Gasteiger partial charge on any atom is -0.371 e. The molecule has 1 aliphatic heterocycles. The van der Waals surface area contributed by atoms with Crippen LogP contribution in [0.25, 0.3) is 10.9 Å². The number of hydrogen-bond acceptors (Lipinski definition) is 4. The van der Waals surface area contributed by atoms with Gasteiger partial charge in [-0.1, -0.05) is 22.9 Å². The number of rotatable bonds is 4. The molecule has 28 heavy (non-hydrogen) atoms. The van der Waals surface area contributed by atoms with Gasteiger partial charge in [0.1, 0.15) is 6.54 Å². The summed E-state index contributed by atoms with van der Waals surface area (Å²) in [4.78, 5) is 31.6. The van der Waals surface area contributed by atoms with Gasteiger partial charge in [-0.25, -0.2) is 4.98 Å². The lowest BCUT2D eigenvalue weighted by atomic mass is 10.2. The van der Waals surface area contributed by atoms with E-state index in [2.05, 4.69) is 38.1 Å². The highest BCUT2D eigenvalue weighted by Crippen LogP contribution is 2.24. The first-order chi connectivity index (χ1) is 13.5. The lowest BCUT2D eigenvalue weighted by Gasteiger charge is -2.18. The molecule has 6 nitrogen and oxygen atoms in total. The fraction of sp³-hybridized carbons (Fsp3) is 0.286. The molecule has 1 N–H and O–H groups in total. The van der Waals surface area contributed by atoms with Gasteiger partial charge in [-0.2, -0.15) is 0 Å². The second-order valence-corrected chi connectivity index (χ2v) is 8.19. The van der Waals surface area contributed by atoms with E-state index in [9.17, 15) is 9.59 Å². The predicted molar refractivity (Wildman–Crippen MR) is 115 cm³/mol. The summed E-state index contributed by atoms with van der Waals surface area (Å²) in [6.07, 6.45) is 2.62. The third kappa shape index (κ3) is 3.94. The maximum absolute atomic E-state index is 12.6. The first kappa shape index (κ1) is 18.7. The number of nitrogens with zero attached hydrogens (tertiary/aromatic N) is 3. The van der Waals surface area contributed by atoms with Crippen molar-refractivity contribution in [3.8, 4) is 0 Å². The van der Waals surface area contributed by atoms with Crippen LogP contribution in [0.4, 0.5) is 11.4 Å². The Bertz CT molecular complexity index is 1080. The third-order valence-corrected chi connectivity index (χ3v) is 5.53. The minimum absolute atomic E-state index is 0.0837. The van der Waals surface area contributed by atoms with E-state index in [1.807, 2.05) is 30.3 Å². The van der Waals surface area contributed by atoms with Crippen molar-refractivity contribution < 1.29 is 4.79 Å². The Kier molecular flexibility index (Phi) is 5.17. The highest BCUT2D eigenvalue weighted by atomic mass is 79.9. The molecule has 3 aromatic rings. The van der Waals surface area contributed by atoms with E-state index >= 15 is 0 Å². The van der Waals surface area contributed by atoms with Crippen LogP contribution in [-0.2, 0) is 11.3 Å². The van der Waals surface area contributed by atoms with Crippen molar-refractivity contribution in [3.63, 3.8) is 0 Å². The van der Waals surface area contributed by atoms with E-state index in [4.69, 9.17) is 0 Å². The number of fused-ring (bicyclic) bond motifs is 1. The van der Waals surface area contributed by atoms with Gasteiger partial charge in [0, 0.05) is 28.9 Å². The molecule has 0 saturated carbocycles. The number of benzene rings is 2. The molecule has 2 aromatic carbocycles. The fourth-order valence-corrected chi connectivity index (χ4v) is 3.89. The summed E-state index contributed by atoms with van der Waals surface area (Å²) in [5.74, 6) is 0.453. The molecule has 1 atom stereocenters. The number of hydrogen-bond donors (Lipinski definition) is 1. The van der Waals surface area contributed by atoms with Crippen LogP contribution in [0.3, 0.4) is 0 Å². The summed E-state index contributed by atoms with van der Waals surface area (Å²) in [5.41, 5.74) is 2.25. The van der Waals surface area contributed by atoms with Crippen LogP contribution < -0.4 is 15.8 Å². The van der Waals surface area contributed by atoms with Crippen LogP contribution in [0, 0.1) is 5.92 Å². The first-order valence-electron chi connectivity index (χ1n) is 9.29. The number of carbonyl (C=O) groups is 1. The predicted octanol–water partition coefficient (Wildman–Crippen LogP) is 3.64. The zero-order valence-corrected chi connectivity index (χ0v) is 17.1. The van der Waals surface area contributed by atoms with Crippen LogP contribution in [0.15, 0.2) is 58.1 Å². The summed E-state index contributed by atoms with van der Waals surface area (Å²) in [6.45, 7) is 4.32. The van der Waals surface area contributed by atoms with Gasteiger partial charge in [-0.3, -0.25) is 14.2 Å². The second kappa shape index (κ2) is 7.75. The van der Waals surface area contributed by atoms with Crippen molar-refractivity contribution in [2.75, 3.05) is 23.3 Å². The standard InChI is InChI=1S/C21H21BrN4O2/c1-14-8-9-25(11-14)17-5-3-16(4-6-17)24-20(27)12-26-13-23-19-7-2-15(22)10-18(19)21(26)28/h2-7,10,13-14H,8-9,11-12H2,1H3,(H,24,27). The maximum atomic E-state index is 12.6. The molecule has 0 aliphatic carbocycles. The fourth-order valence-electron chi connectivity index (χ4n) is 3.52. The summed E-state index contributed by atoms with van der Waals surface area (Å²) >= 11 is 3.36. The molecule has 2 heterocycles. The highest BCUT2D eigenvalue weighted by Gasteiger charge is 2.18. The number of nitrogens with one attached hydrogen (secondary N) is 1. The summed E-state index contributed by atoms with van der Waals surface area (Å²) in [7, 11) is 0. The van der Waals surface area contributed by atoms with Gasteiger partial charge in [-0.05, 0) is 54.8 Å². The van der Waals surface area contributed by atoms with E-state index in [1.165, 1.54) is 23.0 Å². The molecule has 1 unspecified atom stereocenters. The second-order valence-electron chi connectivity index (χ2n) is 7.27. The van der Waals surface area contributed by atoms with Crippen molar-refractivity contribution in [2.24, 2.45) is 5.92 Å². The van der Waals surface area contributed by atoms with Gasteiger partial charge in [0.05, 0.1) is 17.2 Å². The molecule has 0 bridgehead atoms. The SMILES string of the molecule is CC1CCN(c2ccc(NC(=O)Cn3cnc4ccc(Br)cc4c3=O)cc2)C1. The van der Waals surface area contributed by atoms with Gasteiger partial charge < -0.3 is 10.2 Å². The van der Waals surface area contributed by atoms with Gasteiger partial charge in [-0.15, -0.1) is 0 Å². The van der Waals surface area contributed by atoms with Crippen LogP contribution in [0.1, 0.15) is 13.3 Å². The molecule has 7 heteroatoms. The molecular weight excluding hydrogens is 420 g/mol. The van der Waals surface area contributed by atoms with Crippen molar-refractivity contribution in [1.29, 1.82) is 0 Å². The molecule has 0 spiro atoms. The Morgan fingerprint density at radius 3 is 2.75 bits per heavy atom. The van der Waals surface area contributed by atoms with Gasteiger partial charge in [0.25, 0.3) is 5.56 Å². The number of amides is 1. The Morgan fingerprint density at radius 2 is 2.04 bits per heavy atom. The van der Waals surface area contributed by atoms with Crippen molar-refractivity contribution in [2.45, 2.75) is 19.9 Å². The topological polar surface area (TPSA) is 67.2 Å². The molecule has 1 amide bonds. The Labute approximate surface area is 171 Å². The van der Waals surface area contributed by atoms with Crippen LogP contribution in [-0.4, -0.2) is 28.5 Å². The molecule has 144 valence electrons. The Balaban J connectivity index is 1.45. The Hall–Kier alpha value is -2.67. The average molecular weight is 441 g/mol. The molecule has 1 aliphatic rings. The number of halogens is 1. The summed E-state index contributed by atoms with van der Waals surface area (Å²) in [6, 6.07) is 13.2.